The van der Waals surface area contributed by atoms with E-state index >= 15 is 0 Å². The second kappa shape index (κ2) is 4.23. The summed E-state index contributed by atoms with van der Waals surface area (Å²) in [6, 6.07) is 12.2. The van der Waals surface area contributed by atoms with E-state index in [2.05, 4.69) is 35.2 Å². The van der Waals surface area contributed by atoms with E-state index in [1.807, 2.05) is 18.2 Å². The molecule has 0 aliphatic rings. The Morgan fingerprint density at radius 1 is 1.22 bits per heavy atom. The molecule has 4 nitrogen and oxygen atoms in total. The summed E-state index contributed by atoms with van der Waals surface area (Å²) in [5.41, 5.74) is 10.7. The van der Waals surface area contributed by atoms with E-state index in [0.29, 0.717) is 6.54 Å². The van der Waals surface area contributed by atoms with Crippen LogP contribution in [0.15, 0.2) is 42.6 Å². The van der Waals surface area contributed by atoms with Crippen molar-refractivity contribution in [2.45, 2.75) is 13.5 Å². The zero-order chi connectivity index (χ0) is 12.5. The first-order valence-corrected chi connectivity index (χ1v) is 5.89. The first-order chi connectivity index (χ1) is 8.78. The Morgan fingerprint density at radius 2 is 2.11 bits per heavy atom. The molecule has 90 valence electrons. The van der Waals surface area contributed by atoms with Gasteiger partial charge in [0, 0.05) is 12.1 Å². The Kier molecular flexibility index (Phi) is 2.57. The highest BCUT2D eigenvalue weighted by molar-refractivity contribution is 5.61. The Morgan fingerprint density at radius 3 is 2.89 bits per heavy atom. The summed E-state index contributed by atoms with van der Waals surface area (Å²) in [5.74, 6) is 0. The number of imidazole rings is 1. The van der Waals surface area contributed by atoms with Gasteiger partial charge in [0.2, 0.25) is 0 Å². The molecule has 0 amide bonds. The van der Waals surface area contributed by atoms with Gasteiger partial charge in [-0.2, -0.15) is 5.10 Å². The predicted octanol–water partition coefficient (Wildman–Crippen LogP) is 2.16. The van der Waals surface area contributed by atoms with Crippen LogP contribution in [-0.2, 0) is 6.54 Å². The van der Waals surface area contributed by atoms with Gasteiger partial charge < -0.3 is 5.73 Å². The fourth-order valence-electron chi connectivity index (χ4n) is 2.02. The van der Waals surface area contributed by atoms with Crippen LogP contribution < -0.4 is 5.73 Å². The molecule has 0 aliphatic carbocycles. The average molecular weight is 238 g/mol. The molecule has 1 aromatic carbocycles. The number of rotatable bonds is 2. The molecule has 0 spiro atoms. The van der Waals surface area contributed by atoms with E-state index in [9.17, 15) is 0 Å². The van der Waals surface area contributed by atoms with Crippen LogP contribution in [0, 0.1) is 6.92 Å². The molecule has 0 atom stereocenters. The zero-order valence-electron chi connectivity index (χ0n) is 10.2. The van der Waals surface area contributed by atoms with Crippen LogP contribution in [0.2, 0.25) is 0 Å². The molecule has 0 saturated heterocycles. The van der Waals surface area contributed by atoms with Crippen molar-refractivity contribution in [2.75, 3.05) is 0 Å². The Bertz CT molecular complexity index is 700. The lowest BCUT2D eigenvalue weighted by Gasteiger charge is -2.04. The number of fused-ring (bicyclic) bond motifs is 1. The number of nitrogens with zero attached hydrogens (tertiary/aromatic N) is 3. The highest BCUT2D eigenvalue weighted by Gasteiger charge is 2.05. The maximum Gasteiger partial charge on any atom is 0.153 e. The second-order valence-corrected chi connectivity index (χ2v) is 4.31. The maximum atomic E-state index is 5.67. The summed E-state index contributed by atoms with van der Waals surface area (Å²) >= 11 is 0. The average Bonchev–Trinajstić information content (AvgIpc) is 2.80. The van der Waals surface area contributed by atoms with Crippen molar-refractivity contribution < 1.29 is 0 Å². The smallest absolute Gasteiger partial charge is 0.153 e. The van der Waals surface area contributed by atoms with Gasteiger partial charge in [-0.3, -0.25) is 0 Å². The van der Waals surface area contributed by atoms with E-state index in [1.165, 1.54) is 5.56 Å². The summed E-state index contributed by atoms with van der Waals surface area (Å²) < 4.78 is 1.80. The van der Waals surface area contributed by atoms with E-state index in [4.69, 9.17) is 5.73 Å². The van der Waals surface area contributed by atoms with Gasteiger partial charge in [0.25, 0.3) is 0 Å². The minimum absolute atomic E-state index is 0.436. The van der Waals surface area contributed by atoms with Crippen LogP contribution in [-0.4, -0.2) is 14.6 Å². The molecule has 0 aliphatic heterocycles. The van der Waals surface area contributed by atoms with E-state index < -0.39 is 0 Å². The molecule has 4 heteroatoms. The third-order valence-corrected chi connectivity index (χ3v) is 2.96. The van der Waals surface area contributed by atoms with Gasteiger partial charge in [0.1, 0.15) is 0 Å². The van der Waals surface area contributed by atoms with Crippen molar-refractivity contribution in [3.63, 3.8) is 0 Å². The van der Waals surface area contributed by atoms with Crippen molar-refractivity contribution in [1.82, 2.24) is 14.6 Å². The van der Waals surface area contributed by atoms with Crippen molar-refractivity contribution >= 4 is 5.65 Å². The number of benzene rings is 1. The van der Waals surface area contributed by atoms with Crippen LogP contribution >= 0.6 is 0 Å². The number of hydrogen-bond acceptors (Lipinski definition) is 3. The number of aromatic nitrogens is 3. The lowest BCUT2D eigenvalue weighted by Crippen LogP contribution is -2.04. The molecule has 3 rings (SSSR count). The van der Waals surface area contributed by atoms with Crippen molar-refractivity contribution in [3.05, 3.63) is 53.9 Å². The summed E-state index contributed by atoms with van der Waals surface area (Å²) in [6.45, 7) is 2.51. The largest absolute Gasteiger partial charge is 0.325 e. The van der Waals surface area contributed by atoms with Crippen molar-refractivity contribution in [3.8, 4) is 11.3 Å². The Balaban J connectivity index is 2.18. The van der Waals surface area contributed by atoms with Crippen LogP contribution in [0.3, 0.4) is 0 Å². The van der Waals surface area contributed by atoms with Gasteiger partial charge in [0.15, 0.2) is 5.65 Å². The molecule has 0 radical (unpaired) electrons. The third-order valence-electron chi connectivity index (χ3n) is 2.96. The van der Waals surface area contributed by atoms with Crippen molar-refractivity contribution in [1.29, 1.82) is 0 Å². The highest BCUT2D eigenvalue weighted by Crippen LogP contribution is 2.18. The van der Waals surface area contributed by atoms with Crippen LogP contribution in [0.25, 0.3) is 16.9 Å². The Labute approximate surface area is 105 Å². The molecule has 0 fully saturated rings. The molecular formula is C14H14N4. The normalized spacial score (nSPS) is 11.0. The van der Waals surface area contributed by atoms with E-state index in [-0.39, 0.29) is 0 Å². The van der Waals surface area contributed by atoms with Crippen LogP contribution in [0.4, 0.5) is 0 Å². The molecular weight excluding hydrogens is 224 g/mol. The summed E-state index contributed by atoms with van der Waals surface area (Å²) in [4.78, 5) is 4.26. The van der Waals surface area contributed by atoms with Gasteiger partial charge in [-0.1, -0.05) is 23.8 Å². The standard InChI is InChI=1S/C14H14N4/c1-10-3-2-4-11(7-10)13-5-6-14-16-9-12(8-15)18(14)17-13/h2-7,9H,8,15H2,1H3. The fraction of sp³-hybridized carbons (Fsp3) is 0.143. The molecule has 0 saturated carbocycles. The molecule has 18 heavy (non-hydrogen) atoms. The lowest BCUT2D eigenvalue weighted by molar-refractivity contribution is 0.850. The summed E-state index contributed by atoms with van der Waals surface area (Å²) in [5, 5.41) is 4.59. The number of nitrogens with two attached hydrogens (primary N) is 1. The first-order valence-electron chi connectivity index (χ1n) is 5.89. The van der Waals surface area contributed by atoms with E-state index in [1.54, 1.807) is 10.7 Å². The molecule has 2 aromatic heterocycles. The SMILES string of the molecule is Cc1cccc(-c2ccc3ncc(CN)n3n2)c1. The minimum Gasteiger partial charge on any atom is -0.325 e. The van der Waals surface area contributed by atoms with E-state index in [0.717, 1.165) is 22.6 Å². The van der Waals surface area contributed by atoms with Gasteiger partial charge >= 0.3 is 0 Å². The van der Waals surface area contributed by atoms with Crippen LogP contribution in [0.1, 0.15) is 11.3 Å². The van der Waals surface area contributed by atoms with Gasteiger partial charge in [-0.25, -0.2) is 9.50 Å². The first kappa shape index (κ1) is 10.9. The minimum atomic E-state index is 0.436. The number of hydrogen-bond donors (Lipinski definition) is 1. The third kappa shape index (κ3) is 1.76. The predicted molar refractivity (Wildman–Crippen MR) is 71.1 cm³/mol. The van der Waals surface area contributed by atoms with Gasteiger partial charge in [0.05, 0.1) is 17.6 Å². The molecule has 2 heterocycles. The topological polar surface area (TPSA) is 56.2 Å². The number of aryl methyl sites for hydroxylation is 1. The molecule has 0 unspecified atom stereocenters. The monoisotopic (exact) mass is 238 g/mol. The molecule has 0 bridgehead atoms. The lowest BCUT2D eigenvalue weighted by atomic mass is 10.1. The summed E-state index contributed by atoms with van der Waals surface area (Å²) in [6.07, 6.45) is 1.77. The van der Waals surface area contributed by atoms with Crippen molar-refractivity contribution in [2.24, 2.45) is 5.73 Å². The van der Waals surface area contributed by atoms with Crippen LogP contribution in [0.5, 0.6) is 0 Å². The second-order valence-electron chi connectivity index (χ2n) is 4.31. The summed E-state index contributed by atoms with van der Waals surface area (Å²) in [7, 11) is 0. The Hall–Kier alpha value is -2.20. The quantitative estimate of drug-likeness (QED) is 0.744. The highest BCUT2D eigenvalue weighted by atomic mass is 15.3. The van der Waals surface area contributed by atoms with Gasteiger partial charge in [-0.15, -0.1) is 0 Å². The molecule has 3 aromatic rings. The molecule has 2 N–H and O–H groups in total. The van der Waals surface area contributed by atoms with Gasteiger partial charge in [-0.05, 0) is 25.1 Å². The fourth-order valence-corrected chi connectivity index (χ4v) is 2.02. The zero-order valence-corrected chi connectivity index (χ0v) is 10.2. The maximum absolute atomic E-state index is 5.67.